The molecule has 3 N–H and O–H groups in total. The molecule has 4 rings (SSSR count). The molecule has 4 aliphatic rings. The normalized spacial score (nSPS) is 50.4. The zero-order valence-electron chi connectivity index (χ0n) is 21.8. The predicted octanol–water partition coefficient (Wildman–Crippen LogP) is 6.19. The summed E-state index contributed by atoms with van der Waals surface area (Å²) >= 11 is 0. The topological polar surface area (TPSA) is 60.7 Å². The molecule has 0 heterocycles. The van der Waals surface area contributed by atoms with Crippen LogP contribution in [0.25, 0.3) is 0 Å². The maximum atomic E-state index is 11.7. The Kier molecular flexibility index (Phi) is 6.89. The van der Waals surface area contributed by atoms with Gasteiger partial charge in [-0.3, -0.25) is 0 Å². The third-order valence-corrected chi connectivity index (χ3v) is 12.1. The molecule has 0 radical (unpaired) electrons. The Labute approximate surface area is 197 Å². The number of fused-ring (bicyclic) bond motifs is 5. The van der Waals surface area contributed by atoms with E-state index in [1.165, 1.54) is 44.9 Å². The highest BCUT2D eigenvalue weighted by atomic mass is 16.3. The van der Waals surface area contributed by atoms with Crippen molar-refractivity contribution in [2.45, 2.75) is 130 Å². The molecule has 0 aromatic heterocycles. The summed E-state index contributed by atoms with van der Waals surface area (Å²) in [5.41, 5.74) is -0.984. The molecule has 3 heteroatoms. The van der Waals surface area contributed by atoms with Crippen molar-refractivity contribution >= 4 is 0 Å². The standard InChI is InChI=1S/C29H52O3/c1-7-20(18(2)3)9-8-19(4)23-10-11-24-22-16-26(31)29(32)17-21(30)12-15-28(29,6)25(22)13-14-27(23,24)5/h18-26,30-32H,7-17H2,1-6H3/t19-,20?,21+,22?,23?,24?,25?,26+,27-,28-,29+/m1/s1. The average molecular weight is 449 g/mol. The predicted molar refractivity (Wildman–Crippen MR) is 131 cm³/mol. The second-order valence-electron chi connectivity index (χ2n) is 13.6. The van der Waals surface area contributed by atoms with Crippen LogP contribution in [0.1, 0.15) is 112 Å². The molecule has 32 heavy (non-hydrogen) atoms. The molecule has 4 aliphatic carbocycles. The van der Waals surface area contributed by atoms with Crippen molar-refractivity contribution in [3.8, 4) is 0 Å². The molecule has 5 unspecified atom stereocenters. The third-order valence-electron chi connectivity index (χ3n) is 12.1. The SMILES string of the molecule is CCC(CC[C@@H](C)C1CCC2C3C[C@H](O)[C@@]4(O)C[C@@H](O)CC[C@]4(C)C3CC[C@@]21C)C(C)C. The van der Waals surface area contributed by atoms with Gasteiger partial charge in [-0.2, -0.15) is 0 Å². The molecule has 0 saturated heterocycles. The van der Waals surface area contributed by atoms with Gasteiger partial charge in [0.05, 0.1) is 17.8 Å². The average Bonchev–Trinajstić information content (AvgIpc) is 3.08. The Hall–Kier alpha value is -0.120. The lowest BCUT2D eigenvalue weighted by molar-refractivity contribution is -0.264. The van der Waals surface area contributed by atoms with Crippen LogP contribution in [0.4, 0.5) is 0 Å². The molecule has 11 atom stereocenters. The van der Waals surface area contributed by atoms with E-state index in [4.69, 9.17) is 0 Å². The van der Waals surface area contributed by atoms with Crippen molar-refractivity contribution < 1.29 is 15.3 Å². The first-order valence-electron chi connectivity index (χ1n) is 14.1. The second kappa shape index (κ2) is 8.83. The van der Waals surface area contributed by atoms with Crippen LogP contribution in [0.2, 0.25) is 0 Å². The van der Waals surface area contributed by atoms with Crippen molar-refractivity contribution in [2.75, 3.05) is 0 Å². The summed E-state index contributed by atoms with van der Waals surface area (Å²) in [4.78, 5) is 0. The fraction of sp³-hybridized carbons (Fsp3) is 1.00. The van der Waals surface area contributed by atoms with Crippen molar-refractivity contribution in [2.24, 2.45) is 52.3 Å². The van der Waals surface area contributed by atoms with Gasteiger partial charge in [-0.15, -0.1) is 0 Å². The largest absolute Gasteiger partial charge is 0.393 e. The van der Waals surface area contributed by atoms with E-state index in [2.05, 4.69) is 41.5 Å². The van der Waals surface area contributed by atoms with Gasteiger partial charge in [0, 0.05) is 11.8 Å². The maximum Gasteiger partial charge on any atom is 0.0985 e. The lowest BCUT2D eigenvalue weighted by Crippen LogP contribution is -2.68. The van der Waals surface area contributed by atoms with Gasteiger partial charge in [0.25, 0.3) is 0 Å². The van der Waals surface area contributed by atoms with Crippen molar-refractivity contribution in [1.82, 2.24) is 0 Å². The first-order valence-corrected chi connectivity index (χ1v) is 14.1. The van der Waals surface area contributed by atoms with Crippen molar-refractivity contribution in [3.63, 3.8) is 0 Å². The zero-order valence-corrected chi connectivity index (χ0v) is 21.8. The van der Waals surface area contributed by atoms with E-state index < -0.39 is 17.8 Å². The van der Waals surface area contributed by atoms with Crippen molar-refractivity contribution in [1.29, 1.82) is 0 Å². The van der Waals surface area contributed by atoms with Crippen LogP contribution < -0.4 is 0 Å². The Morgan fingerprint density at radius 1 is 0.906 bits per heavy atom. The van der Waals surface area contributed by atoms with Crippen LogP contribution >= 0.6 is 0 Å². The monoisotopic (exact) mass is 448 g/mol. The number of aliphatic hydroxyl groups excluding tert-OH is 2. The molecule has 4 saturated carbocycles. The summed E-state index contributed by atoms with van der Waals surface area (Å²) in [7, 11) is 0. The van der Waals surface area contributed by atoms with Crippen LogP contribution in [0.5, 0.6) is 0 Å². The summed E-state index contributed by atoms with van der Waals surface area (Å²) in [6.07, 6.45) is 10.7. The molecule has 4 fully saturated rings. The van der Waals surface area contributed by atoms with Gasteiger partial charge in [0.1, 0.15) is 0 Å². The minimum atomic E-state index is -1.11. The summed E-state index contributed by atoms with van der Waals surface area (Å²) in [5.74, 6) is 4.92. The Morgan fingerprint density at radius 3 is 2.28 bits per heavy atom. The van der Waals surface area contributed by atoms with Gasteiger partial charge in [-0.05, 0) is 98.2 Å². The molecule has 3 nitrogen and oxygen atoms in total. The fourth-order valence-corrected chi connectivity index (χ4v) is 9.92. The van der Waals surface area contributed by atoms with Gasteiger partial charge in [0.15, 0.2) is 0 Å². The third kappa shape index (κ3) is 3.72. The van der Waals surface area contributed by atoms with E-state index in [0.29, 0.717) is 29.6 Å². The summed E-state index contributed by atoms with van der Waals surface area (Å²) in [6, 6.07) is 0. The molecule has 0 aromatic rings. The molecule has 0 bridgehead atoms. The first kappa shape index (κ1) is 25.0. The van der Waals surface area contributed by atoms with E-state index >= 15 is 0 Å². The molecule has 0 amide bonds. The van der Waals surface area contributed by atoms with Gasteiger partial charge in [-0.25, -0.2) is 0 Å². The van der Waals surface area contributed by atoms with Crippen LogP contribution in [0.15, 0.2) is 0 Å². The van der Waals surface area contributed by atoms with Gasteiger partial charge in [0.2, 0.25) is 0 Å². The first-order chi connectivity index (χ1) is 15.0. The van der Waals surface area contributed by atoms with Gasteiger partial charge >= 0.3 is 0 Å². The van der Waals surface area contributed by atoms with E-state index in [-0.39, 0.29) is 5.41 Å². The quantitative estimate of drug-likeness (QED) is 0.454. The van der Waals surface area contributed by atoms with Crippen LogP contribution in [0.3, 0.4) is 0 Å². The Bertz CT molecular complexity index is 663. The zero-order chi connectivity index (χ0) is 23.5. The van der Waals surface area contributed by atoms with Crippen LogP contribution in [-0.4, -0.2) is 33.1 Å². The summed E-state index contributed by atoms with van der Waals surface area (Å²) in [6.45, 7) is 14.5. The highest BCUT2D eigenvalue weighted by molar-refractivity contribution is 5.17. The molecule has 186 valence electrons. The number of hydrogen-bond donors (Lipinski definition) is 3. The number of rotatable bonds is 6. The molecule has 0 spiro atoms. The van der Waals surface area contributed by atoms with Gasteiger partial charge < -0.3 is 15.3 Å². The molecule has 0 aromatic carbocycles. The maximum absolute atomic E-state index is 11.7. The molecular formula is C29H52O3. The minimum Gasteiger partial charge on any atom is -0.393 e. The second-order valence-corrected chi connectivity index (χ2v) is 13.6. The van der Waals surface area contributed by atoms with E-state index in [1.807, 2.05) is 0 Å². The smallest absolute Gasteiger partial charge is 0.0985 e. The minimum absolute atomic E-state index is 0.259. The lowest BCUT2D eigenvalue weighted by atomic mass is 9.42. The summed E-state index contributed by atoms with van der Waals surface area (Å²) < 4.78 is 0. The lowest BCUT2D eigenvalue weighted by Gasteiger charge is -2.65. The Balaban J connectivity index is 1.51. The molecule has 0 aliphatic heterocycles. The van der Waals surface area contributed by atoms with Crippen LogP contribution in [-0.2, 0) is 0 Å². The van der Waals surface area contributed by atoms with Crippen LogP contribution in [0, 0.1) is 52.3 Å². The molecular weight excluding hydrogens is 396 g/mol. The number of aliphatic hydroxyl groups is 3. The van der Waals surface area contributed by atoms with E-state index in [9.17, 15) is 15.3 Å². The van der Waals surface area contributed by atoms with Crippen molar-refractivity contribution in [3.05, 3.63) is 0 Å². The fourth-order valence-electron chi connectivity index (χ4n) is 9.92. The number of hydrogen-bond acceptors (Lipinski definition) is 3. The Morgan fingerprint density at radius 2 is 1.62 bits per heavy atom. The van der Waals surface area contributed by atoms with E-state index in [0.717, 1.165) is 42.9 Å². The highest BCUT2D eigenvalue weighted by Crippen LogP contribution is 2.69. The van der Waals surface area contributed by atoms with E-state index in [1.54, 1.807) is 0 Å². The highest BCUT2D eigenvalue weighted by Gasteiger charge is 2.67. The summed E-state index contributed by atoms with van der Waals surface area (Å²) in [5, 5.41) is 33.2. The van der Waals surface area contributed by atoms with Gasteiger partial charge in [-0.1, -0.05) is 54.4 Å².